The molecule has 1 atom stereocenters. The molecule has 0 aliphatic carbocycles. The van der Waals surface area contributed by atoms with E-state index in [0.29, 0.717) is 6.07 Å². The molecule has 0 saturated heterocycles. The number of hydrogen-bond acceptors (Lipinski definition) is 7. The first-order chi connectivity index (χ1) is 14.9. The SMILES string of the molecule is CCOC(=O)C(C)OCC(=O)c1cc(Oc2ccc(C(F)(F)F)cc2Cl)ccc1[N+](=O)[O-]. The number of nitro benzene ring substituents is 1. The molecule has 0 spiro atoms. The van der Waals surface area contributed by atoms with Crippen LogP contribution in [-0.4, -0.2) is 36.0 Å². The minimum Gasteiger partial charge on any atom is -0.464 e. The molecule has 0 bridgehead atoms. The lowest BCUT2D eigenvalue weighted by molar-refractivity contribution is -0.385. The summed E-state index contributed by atoms with van der Waals surface area (Å²) in [6, 6.07) is 5.59. The van der Waals surface area contributed by atoms with Crippen molar-refractivity contribution in [1.82, 2.24) is 0 Å². The molecular formula is C20H17ClF3NO7. The first-order valence-corrected chi connectivity index (χ1v) is 9.46. The molecule has 0 heterocycles. The second-order valence-electron chi connectivity index (χ2n) is 6.31. The van der Waals surface area contributed by atoms with Crippen molar-refractivity contribution in [3.8, 4) is 11.5 Å². The Balaban J connectivity index is 2.25. The number of rotatable bonds is 9. The lowest BCUT2D eigenvalue weighted by Gasteiger charge is -2.13. The summed E-state index contributed by atoms with van der Waals surface area (Å²) in [5, 5.41) is 10.9. The Kier molecular flexibility index (Phi) is 8.17. The molecule has 12 heteroatoms. The third kappa shape index (κ3) is 6.41. The summed E-state index contributed by atoms with van der Waals surface area (Å²) in [7, 11) is 0. The van der Waals surface area contributed by atoms with Gasteiger partial charge in [-0.1, -0.05) is 11.6 Å². The number of ether oxygens (including phenoxy) is 3. The molecule has 2 aromatic carbocycles. The van der Waals surface area contributed by atoms with Crippen LogP contribution in [-0.2, 0) is 20.4 Å². The molecule has 0 aliphatic heterocycles. The average Bonchev–Trinajstić information content (AvgIpc) is 2.72. The summed E-state index contributed by atoms with van der Waals surface area (Å²) >= 11 is 5.85. The maximum absolute atomic E-state index is 12.8. The highest BCUT2D eigenvalue weighted by Crippen LogP contribution is 2.37. The first kappa shape index (κ1) is 25.1. The molecule has 2 rings (SSSR count). The van der Waals surface area contributed by atoms with Gasteiger partial charge in [0.1, 0.15) is 23.7 Å². The van der Waals surface area contributed by atoms with E-state index in [1.807, 2.05) is 0 Å². The van der Waals surface area contributed by atoms with E-state index in [2.05, 4.69) is 0 Å². The third-order valence-corrected chi connectivity index (χ3v) is 4.33. The van der Waals surface area contributed by atoms with Crippen molar-refractivity contribution in [2.45, 2.75) is 26.1 Å². The van der Waals surface area contributed by atoms with Gasteiger partial charge in [-0.15, -0.1) is 0 Å². The van der Waals surface area contributed by atoms with Gasteiger partial charge in [-0.3, -0.25) is 14.9 Å². The Hall–Kier alpha value is -3.18. The number of ketones is 1. The number of alkyl halides is 3. The van der Waals surface area contributed by atoms with Crippen LogP contribution in [0.25, 0.3) is 0 Å². The van der Waals surface area contributed by atoms with E-state index in [1.54, 1.807) is 6.92 Å². The van der Waals surface area contributed by atoms with Gasteiger partial charge in [-0.05, 0) is 44.2 Å². The van der Waals surface area contributed by atoms with Crippen LogP contribution in [0.15, 0.2) is 36.4 Å². The number of carbonyl (C=O) groups is 2. The normalized spacial score (nSPS) is 12.2. The van der Waals surface area contributed by atoms with Crippen molar-refractivity contribution in [3.63, 3.8) is 0 Å². The number of benzene rings is 2. The Bertz CT molecular complexity index is 1030. The Morgan fingerprint density at radius 3 is 2.44 bits per heavy atom. The van der Waals surface area contributed by atoms with Crippen LogP contribution in [0.1, 0.15) is 29.8 Å². The largest absolute Gasteiger partial charge is 0.464 e. The maximum Gasteiger partial charge on any atom is 0.416 e. The van der Waals surface area contributed by atoms with Crippen LogP contribution in [0.5, 0.6) is 11.5 Å². The molecule has 2 aromatic rings. The summed E-state index contributed by atoms with van der Waals surface area (Å²) in [6.07, 6.45) is -5.68. The molecule has 0 aliphatic rings. The number of nitrogens with zero attached hydrogens (tertiary/aromatic N) is 1. The molecule has 8 nitrogen and oxygen atoms in total. The van der Waals surface area contributed by atoms with E-state index < -0.39 is 46.8 Å². The highest BCUT2D eigenvalue weighted by molar-refractivity contribution is 6.32. The number of esters is 1. The quantitative estimate of drug-likeness (QED) is 0.212. The zero-order chi connectivity index (χ0) is 24.1. The van der Waals surface area contributed by atoms with Gasteiger partial charge in [0.05, 0.1) is 22.1 Å². The molecule has 32 heavy (non-hydrogen) atoms. The lowest BCUT2D eigenvalue weighted by atomic mass is 10.1. The van der Waals surface area contributed by atoms with Gasteiger partial charge in [0.15, 0.2) is 11.9 Å². The maximum atomic E-state index is 12.8. The standard InChI is InChI=1S/C20H17ClF3NO7/c1-3-30-19(27)11(2)31-10-17(26)14-9-13(5-6-16(14)25(28)29)32-18-7-4-12(8-15(18)21)20(22,23)24/h4-9,11H,3,10H2,1-2H3. The average molecular weight is 476 g/mol. The predicted octanol–water partition coefficient (Wildman–Crippen LogP) is 5.21. The molecule has 0 radical (unpaired) electrons. The van der Waals surface area contributed by atoms with Crippen molar-refractivity contribution < 1.29 is 41.9 Å². The van der Waals surface area contributed by atoms with Crippen LogP contribution in [0.3, 0.4) is 0 Å². The summed E-state index contributed by atoms with van der Waals surface area (Å²) in [4.78, 5) is 34.6. The fraction of sp³-hybridized carbons (Fsp3) is 0.300. The van der Waals surface area contributed by atoms with E-state index in [-0.39, 0.29) is 28.7 Å². The van der Waals surface area contributed by atoms with Gasteiger partial charge in [0, 0.05) is 6.07 Å². The Morgan fingerprint density at radius 1 is 1.19 bits per heavy atom. The molecule has 0 saturated carbocycles. The minimum atomic E-state index is -4.60. The fourth-order valence-electron chi connectivity index (χ4n) is 2.45. The van der Waals surface area contributed by atoms with Crippen molar-refractivity contribution in [1.29, 1.82) is 0 Å². The minimum absolute atomic E-state index is 0.0842. The van der Waals surface area contributed by atoms with Gasteiger partial charge in [0.2, 0.25) is 0 Å². The number of halogens is 4. The highest BCUT2D eigenvalue weighted by atomic mass is 35.5. The molecule has 0 aromatic heterocycles. The van der Waals surface area contributed by atoms with E-state index in [0.717, 1.165) is 30.3 Å². The van der Waals surface area contributed by atoms with Crippen molar-refractivity contribution in [2.24, 2.45) is 0 Å². The van der Waals surface area contributed by atoms with Crippen molar-refractivity contribution >= 4 is 29.0 Å². The predicted molar refractivity (Wildman–Crippen MR) is 106 cm³/mol. The second kappa shape index (κ2) is 10.4. The van der Waals surface area contributed by atoms with Crippen LogP contribution in [0.4, 0.5) is 18.9 Å². The zero-order valence-corrected chi connectivity index (χ0v) is 17.5. The summed E-state index contributed by atoms with van der Waals surface area (Å²) in [5.41, 5.74) is -1.91. The number of Topliss-reactive ketones (excluding diaryl/α,β-unsaturated/α-hetero) is 1. The van der Waals surface area contributed by atoms with E-state index in [4.69, 9.17) is 25.8 Å². The third-order valence-electron chi connectivity index (χ3n) is 4.04. The molecule has 1 unspecified atom stereocenters. The monoisotopic (exact) mass is 475 g/mol. The topological polar surface area (TPSA) is 105 Å². The first-order valence-electron chi connectivity index (χ1n) is 9.08. The van der Waals surface area contributed by atoms with Crippen LogP contribution < -0.4 is 4.74 Å². The lowest BCUT2D eigenvalue weighted by Crippen LogP contribution is -2.26. The van der Waals surface area contributed by atoms with Gasteiger partial charge in [-0.2, -0.15) is 13.2 Å². The number of carbonyl (C=O) groups excluding carboxylic acids is 2. The molecule has 0 fully saturated rings. The second-order valence-corrected chi connectivity index (χ2v) is 6.72. The number of hydrogen-bond donors (Lipinski definition) is 0. The van der Waals surface area contributed by atoms with Crippen molar-refractivity contribution in [3.05, 3.63) is 62.7 Å². The van der Waals surface area contributed by atoms with Crippen molar-refractivity contribution in [2.75, 3.05) is 13.2 Å². The zero-order valence-electron chi connectivity index (χ0n) is 16.8. The molecule has 0 amide bonds. The fourth-order valence-corrected chi connectivity index (χ4v) is 2.67. The van der Waals surface area contributed by atoms with E-state index in [9.17, 15) is 32.9 Å². The Labute approximate surface area is 185 Å². The number of nitro groups is 1. The van der Waals surface area contributed by atoms with Gasteiger partial charge >= 0.3 is 12.1 Å². The van der Waals surface area contributed by atoms with Gasteiger partial charge in [0.25, 0.3) is 5.69 Å². The van der Waals surface area contributed by atoms with Crippen LogP contribution in [0.2, 0.25) is 5.02 Å². The van der Waals surface area contributed by atoms with Gasteiger partial charge < -0.3 is 14.2 Å². The molecular weight excluding hydrogens is 459 g/mol. The van der Waals surface area contributed by atoms with Crippen LogP contribution >= 0.6 is 11.6 Å². The molecule has 172 valence electrons. The Morgan fingerprint density at radius 2 is 1.88 bits per heavy atom. The van der Waals surface area contributed by atoms with E-state index >= 15 is 0 Å². The summed E-state index contributed by atoms with van der Waals surface area (Å²) < 4.78 is 53.6. The molecule has 0 N–H and O–H groups in total. The highest BCUT2D eigenvalue weighted by Gasteiger charge is 2.31. The van der Waals surface area contributed by atoms with Crippen LogP contribution in [0, 0.1) is 10.1 Å². The summed E-state index contributed by atoms with van der Waals surface area (Å²) in [5.74, 6) is -1.77. The van der Waals surface area contributed by atoms with E-state index in [1.165, 1.54) is 6.92 Å². The van der Waals surface area contributed by atoms with Gasteiger partial charge in [-0.25, -0.2) is 4.79 Å². The smallest absolute Gasteiger partial charge is 0.416 e. The summed E-state index contributed by atoms with van der Waals surface area (Å²) in [6.45, 7) is 2.39.